The summed E-state index contributed by atoms with van der Waals surface area (Å²) in [6, 6.07) is 0. The van der Waals surface area contributed by atoms with Crippen molar-refractivity contribution < 1.29 is 4.39 Å². The molecule has 0 aliphatic carbocycles. The molecule has 1 aromatic heterocycles. The third-order valence-corrected chi connectivity index (χ3v) is 0.813. The van der Waals surface area contributed by atoms with Crippen LogP contribution < -0.4 is 0 Å². The predicted molar refractivity (Wildman–Crippen MR) is 29.9 cm³/mol. The molecule has 0 aliphatic heterocycles. The Hall–Kier alpha value is -1.32. The van der Waals surface area contributed by atoms with Gasteiger partial charge in [0.15, 0.2) is 5.82 Å². The van der Waals surface area contributed by atoms with Gasteiger partial charge in [-0.2, -0.15) is 0 Å². The molecule has 0 bridgehead atoms. The molecule has 9 heavy (non-hydrogen) atoms. The molecular weight excluding hydrogens is 121 g/mol. The highest BCUT2D eigenvalue weighted by molar-refractivity contribution is 5.40. The van der Waals surface area contributed by atoms with Crippen molar-refractivity contribution in [3.8, 4) is 0 Å². The van der Waals surface area contributed by atoms with E-state index in [4.69, 9.17) is 0 Å². The van der Waals surface area contributed by atoms with Crippen LogP contribution in [0.2, 0.25) is 0 Å². The largest absolute Gasteiger partial charge is 0.203 e. The second-order valence-electron chi connectivity index (χ2n) is 1.37. The number of aromatic nitrogens is 3. The fraction of sp³-hybridized carbons (Fsp3) is 0. The van der Waals surface area contributed by atoms with Gasteiger partial charge >= 0.3 is 0 Å². The van der Waals surface area contributed by atoms with Gasteiger partial charge in [-0.1, -0.05) is 6.58 Å². The van der Waals surface area contributed by atoms with Gasteiger partial charge in [-0.3, -0.25) is 0 Å². The molecule has 0 saturated heterocycles. The van der Waals surface area contributed by atoms with Gasteiger partial charge in [-0.25, -0.2) is 4.39 Å². The molecule has 1 heterocycles. The summed E-state index contributed by atoms with van der Waals surface area (Å²) in [5.74, 6) is -0.500. The number of halogens is 1. The monoisotopic (exact) mass is 125 g/mol. The Kier molecular flexibility index (Phi) is 1.48. The van der Waals surface area contributed by atoms with Crippen LogP contribution in [0.15, 0.2) is 12.8 Å². The summed E-state index contributed by atoms with van der Waals surface area (Å²) < 4.78 is 12.4. The normalized spacial score (nSPS) is 9.00. The van der Waals surface area contributed by atoms with Crippen LogP contribution in [-0.2, 0) is 0 Å². The van der Waals surface area contributed by atoms with Gasteiger partial charge in [0.1, 0.15) is 5.69 Å². The highest BCUT2D eigenvalue weighted by Crippen LogP contribution is 1.98. The van der Waals surface area contributed by atoms with Crippen LogP contribution in [0.25, 0.3) is 6.08 Å². The van der Waals surface area contributed by atoms with E-state index < -0.39 is 5.82 Å². The molecule has 0 radical (unpaired) electrons. The molecule has 1 aromatic rings. The topological polar surface area (TPSA) is 38.7 Å². The molecule has 46 valence electrons. The third-order valence-electron chi connectivity index (χ3n) is 0.813. The van der Waals surface area contributed by atoms with Gasteiger partial charge in [-0.05, 0) is 11.3 Å². The van der Waals surface area contributed by atoms with Crippen LogP contribution in [0, 0.1) is 5.82 Å². The van der Waals surface area contributed by atoms with Crippen LogP contribution in [-0.4, -0.2) is 15.4 Å². The lowest BCUT2D eigenvalue weighted by molar-refractivity contribution is 0.593. The van der Waals surface area contributed by atoms with Crippen molar-refractivity contribution in [1.82, 2.24) is 15.4 Å². The average Bonchev–Trinajstić information content (AvgIpc) is 1.89. The van der Waals surface area contributed by atoms with E-state index in [9.17, 15) is 4.39 Å². The third kappa shape index (κ3) is 1.07. The fourth-order valence-corrected chi connectivity index (χ4v) is 0.403. The van der Waals surface area contributed by atoms with Gasteiger partial charge in [-0.15, -0.1) is 10.2 Å². The fourth-order valence-electron chi connectivity index (χ4n) is 0.403. The lowest BCUT2D eigenvalue weighted by Crippen LogP contribution is -1.92. The molecule has 0 aliphatic rings. The molecule has 0 amide bonds. The summed E-state index contributed by atoms with van der Waals surface area (Å²) in [6.45, 7) is 3.32. The minimum absolute atomic E-state index is 0.130. The highest BCUT2D eigenvalue weighted by atomic mass is 19.1. The first-order valence-electron chi connectivity index (χ1n) is 2.31. The quantitative estimate of drug-likeness (QED) is 0.553. The second kappa shape index (κ2) is 2.30. The molecule has 0 spiro atoms. The maximum atomic E-state index is 12.4. The van der Waals surface area contributed by atoms with E-state index in [-0.39, 0.29) is 5.69 Å². The molecule has 4 heteroatoms. The number of hydrogen-bond acceptors (Lipinski definition) is 3. The van der Waals surface area contributed by atoms with Crippen molar-refractivity contribution in [2.75, 3.05) is 0 Å². The van der Waals surface area contributed by atoms with E-state index in [1.54, 1.807) is 0 Å². The predicted octanol–water partition coefficient (Wildman–Crippen LogP) is 0.654. The minimum atomic E-state index is -0.500. The minimum Gasteiger partial charge on any atom is -0.203 e. The van der Waals surface area contributed by atoms with Gasteiger partial charge in [0.2, 0.25) is 0 Å². The summed E-state index contributed by atoms with van der Waals surface area (Å²) >= 11 is 0. The van der Waals surface area contributed by atoms with Crippen LogP contribution in [0.3, 0.4) is 0 Å². The smallest absolute Gasteiger partial charge is 0.170 e. The Labute approximate surface area is 51.2 Å². The lowest BCUT2D eigenvalue weighted by atomic mass is 10.4. The van der Waals surface area contributed by atoms with Gasteiger partial charge in [0.25, 0.3) is 0 Å². The van der Waals surface area contributed by atoms with Crippen molar-refractivity contribution in [2.45, 2.75) is 0 Å². The zero-order valence-corrected chi connectivity index (χ0v) is 4.58. The van der Waals surface area contributed by atoms with Gasteiger partial charge in [0, 0.05) is 0 Å². The van der Waals surface area contributed by atoms with Crippen LogP contribution >= 0.6 is 0 Å². The highest BCUT2D eigenvalue weighted by Gasteiger charge is 1.96. The van der Waals surface area contributed by atoms with E-state index in [1.807, 2.05) is 0 Å². The summed E-state index contributed by atoms with van der Waals surface area (Å²) in [4.78, 5) is 0. The Morgan fingerprint density at radius 1 is 1.67 bits per heavy atom. The summed E-state index contributed by atoms with van der Waals surface area (Å²) in [5.41, 5.74) is 0.130. The number of hydrogen-bond donors (Lipinski definition) is 0. The van der Waals surface area contributed by atoms with Gasteiger partial charge < -0.3 is 0 Å². The molecule has 0 unspecified atom stereocenters. The zero-order valence-electron chi connectivity index (χ0n) is 4.58. The SMILES string of the molecule is C=Cc1nnncc1F. The molecule has 0 atom stereocenters. The Morgan fingerprint density at radius 3 is 2.89 bits per heavy atom. The maximum absolute atomic E-state index is 12.4. The van der Waals surface area contributed by atoms with Crippen LogP contribution in [0.5, 0.6) is 0 Å². The Bertz CT molecular complexity index is 223. The van der Waals surface area contributed by atoms with Crippen molar-refractivity contribution in [2.24, 2.45) is 0 Å². The molecule has 1 rings (SSSR count). The van der Waals surface area contributed by atoms with Crippen LogP contribution in [0.4, 0.5) is 4.39 Å². The first-order chi connectivity index (χ1) is 4.34. The summed E-state index contributed by atoms with van der Waals surface area (Å²) in [5, 5.41) is 9.76. The molecule has 0 fully saturated rings. The first-order valence-corrected chi connectivity index (χ1v) is 2.31. The molecular formula is C5H4FN3. The average molecular weight is 125 g/mol. The van der Waals surface area contributed by atoms with E-state index in [2.05, 4.69) is 22.0 Å². The van der Waals surface area contributed by atoms with Crippen molar-refractivity contribution >= 4 is 6.08 Å². The Balaban J connectivity index is 3.15. The molecule has 0 saturated carbocycles. The first kappa shape index (κ1) is 5.81. The molecule has 3 nitrogen and oxygen atoms in total. The number of rotatable bonds is 1. The molecule has 0 aromatic carbocycles. The van der Waals surface area contributed by atoms with Gasteiger partial charge in [0.05, 0.1) is 6.20 Å². The lowest BCUT2D eigenvalue weighted by Gasteiger charge is -1.87. The summed E-state index contributed by atoms with van der Waals surface area (Å²) in [6.07, 6.45) is 2.27. The van der Waals surface area contributed by atoms with E-state index in [0.29, 0.717) is 0 Å². The van der Waals surface area contributed by atoms with Crippen LogP contribution in [0.1, 0.15) is 5.69 Å². The van der Waals surface area contributed by atoms with Crippen molar-refractivity contribution in [3.05, 3.63) is 24.3 Å². The van der Waals surface area contributed by atoms with E-state index in [1.165, 1.54) is 6.08 Å². The molecule has 0 N–H and O–H groups in total. The standard InChI is InChI=1S/C5H4FN3/c1-2-5-4(6)3-7-9-8-5/h2-3H,1H2. The second-order valence-corrected chi connectivity index (χ2v) is 1.37. The van der Waals surface area contributed by atoms with Crippen molar-refractivity contribution in [1.29, 1.82) is 0 Å². The van der Waals surface area contributed by atoms with Crippen molar-refractivity contribution in [3.63, 3.8) is 0 Å². The summed E-state index contributed by atoms with van der Waals surface area (Å²) in [7, 11) is 0. The Morgan fingerprint density at radius 2 is 2.44 bits per heavy atom. The zero-order chi connectivity index (χ0) is 6.69. The van der Waals surface area contributed by atoms with E-state index >= 15 is 0 Å². The van der Waals surface area contributed by atoms with E-state index in [0.717, 1.165) is 6.20 Å². The number of nitrogens with zero attached hydrogens (tertiary/aromatic N) is 3. The maximum Gasteiger partial charge on any atom is 0.170 e.